The quantitative estimate of drug-likeness (QED) is 0.588. The zero-order valence-corrected chi connectivity index (χ0v) is 13.8. The molecule has 1 fully saturated rings. The Morgan fingerprint density at radius 1 is 1.41 bits per heavy atom. The van der Waals surface area contributed by atoms with Crippen LogP contribution < -0.4 is 11.1 Å². The van der Waals surface area contributed by atoms with Gasteiger partial charge in [-0.25, -0.2) is 0 Å². The fourth-order valence-electron chi connectivity index (χ4n) is 2.18. The van der Waals surface area contributed by atoms with Crippen LogP contribution in [-0.2, 0) is 9.47 Å². The summed E-state index contributed by atoms with van der Waals surface area (Å²) < 4.78 is 11.0. The molecule has 1 aliphatic rings. The van der Waals surface area contributed by atoms with E-state index < -0.39 is 0 Å². The summed E-state index contributed by atoms with van der Waals surface area (Å²) in [5.74, 6) is -0.233. The number of ether oxygens (including phenoxy) is 2. The van der Waals surface area contributed by atoms with Crippen molar-refractivity contribution < 1.29 is 14.3 Å². The Bertz CT molecular complexity index is 497. The van der Waals surface area contributed by atoms with E-state index >= 15 is 0 Å². The van der Waals surface area contributed by atoms with Crippen LogP contribution in [0.2, 0.25) is 10.0 Å². The third-order valence-corrected chi connectivity index (χ3v) is 4.05. The zero-order valence-electron chi connectivity index (χ0n) is 12.2. The van der Waals surface area contributed by atoms with Crippen LogP contribution in [0.3, 0.4) is 0 Å². The third kappa shape index (κ3) is 5.02. The van der Waals surface area contributed by atoms with Crippen LogP contribution >= 0.6 is 23.2 Å². The Balaban J connectivity index is 1.65. The maximum atomic E-state index is 12.0. The molecule has 3 N–H and O–H groups in total. The molecule has 22 heavy (non-hydrogen) atoms. The molecule has 1 aromatic carbocycles. The van der Waals surface area contributed by atoms with Crippen molar-refractivity contribution in [2.75, 3.05) is 32.1 Å². The lowest BCUT2D eigenvalue weighted by molar-refractivity contribution is 0.0166. The van der Waals surface area contributed by atoms with Gasteiger partial charge in [0, 0.05) is 25.3 Å². The first-order chi connectivity index (χ1) is 10.6. The molecule has 1 heterocycles. The molecule has 2 rings (SSSR count). The second kappa shape index (κ2) is 8.58. The van der Waals surface area contributed by atoms with Crippen molar-refractivity contribution in [3.8, 4) is 0 Å². The normalized spacial score (nSPS) is 17.6. The van der Waals surface area contributed by atoms with Crippen LogP contribution in [0.5, 0.6) is 0 Å². The van der Waals surface area contributed by atoms with Crippen molar-refractivity contribution in [2.45, 2.75) is 25.4 Å². The van der Waals surface area contributed by atoms with Crippen LogP contribution in [0.1, 0.15) is 29.6 Å². The highest BCUT2D eigenvalue weighted by Crippen LogP contribution is 2.28. The van der Waals surface area contributed by atoms with E-state index in [1.807, 2.05) is 0 Å². The lowest BCUT2D eigenvalue weighted by atomic mass is 10.2. The number of anilines is 1. The topological polar surface area (TPSA) is 73.6 Å². The number of benzene rings is 1. The number of nitrogens with one attached hydrogen (secondary N) is 1. The highest BCUT2D eigenvalue weighted by molar-refractivity contribution is 6.39. The summed E-state index contributed by atoms with van der Waals surface area (Å²) in [7, 11) is 0. The number of nitrogen functional groups attached to an aromatic ring is 1. The van der Waals surface area contributed by atoms with E-state index in [1.165, 1.54) is 12.1 Å². The Labute approximate surface area is 140 Å². The molecule has 1 aliphatic heterocycles. The molecular formula is C15H20Cl2N2O3. The van der Waals surface area contributed by atoms with E-state index in [9.17, 15) is 4.79 Å². The molecule has 0 bridgehead atoms. The number of hydrogen-bond donors (Lipinski definition) is 2. The predicted molar refractivity (Wildman–Crippen MR) is 87.6 cm³/mol. The number of amides is 1. The van der Waals surface area contributed by atoms with Crippen LogP contribution in [0.4, 0.5) is 5.69 Å². The van der Waals surface area contributed by atoms with Crippen molar-refractivity contribution in [3.63, 3.8) is 0 Å². The van der Waals surface area contributed by atoms with Crippen LogP contribution in [0.25, 0.3) is 0 Å². The van der Waals surface area contributed by atoms with Crippen LogP contribution in [0.15, 0.2) is 12.1 Å². The second-order valence-electron chi connectivity index (χ2n) is 5.17. The maximum Gasteiger partial charge on any atom is 0.251 e. The van der Waals surface area contributed by atoms with E-state index in [0.717, 1.165) is 25.9 Å². The molecule has 122 valence electrons. The average Bonchev–Trinajstić information content (AvgIpc) is 3.00. The number of carbonyl (C=O) groups excluding carboxylic acids is 1. The van der Waals surface area contributed by atoms with Crippen LogP contribution in [-0.4, -0.2) is 38.4 Å². The standard InChI is InChI=1S/C15H20Cl2N2O3/c16-12-7-10(8-13(17)14(12)18)15(20)19-4-2-5-21-9-11-3-1-6-22-11/h7-8,11H,1-6,9,18H2,(H,19,20). The second-order valence-corrected chi connectivity index (χ2v) is 5.99. The van der Waals surface area contributed by atoms with E-state index in [1.54, 1.807) is 0 Å². The van der Waals surface area contributed by atoms with Gasteiger partial charge in [0.15, 0.2) is 0 Å². The number of nitrogens with two attached hydrogens (primary N) is 1. The summed E-state index contributed by atoms with van der Waals surface area (Å²) in [6.07, 6.45) is 3.13. The van der Waals surface area contributed by atoms with E-state index in [-0.39, 0.29) is 27.7 Å². The zero-order chi connectivity index (χ0) is 15.9. The first kappa shape index (κ1) is 17.3. The van der Waals surface area contributed by atoms with Gasteiger partial charge in [-0.1, -0.05) is 23.2 Å². The van der Waals surface area contributed by atoms with Gasteiger partial charge >= 0.3 is 0 Å². The van der Waals surface area contributed by atoms with Gasteiger partial charge in [-0.2, -0.15) is 0 Å². The van der Waals surface area contributed by atoms with Gasteiger partial charge in [0.05, 0.1) is 28.4 Å². The summed E-state index contributed by atoms with van der Waals surface area (Å²) in [5, 5.41) is 3.34. The van der Waals surface area contributed by atoms with Crippen molar-refractivity contribution in [2.24, 2.45) is 0 Å². The fourth-order valence-corrected chi connectivity index (χ4v) is 2.67. The first-order valence-corrected chi connectivity index (χ1v) is 8.05. The predicted octanol–water partition coefficient (Wildman–Crippen LogP) is 2.89. The minimum absolute atomic E-state index is 0.230. The number of rotatable bonds is 7. The van der Waals surface area contributed by atoms with Gasteiger partial charge in [0.25, 0.3) is 5.91 Å². The minimum Gasteiger partial charge on any atom is -0.396 e. The Kier molecular flexibility index (Phi) is 6.76. The molecule has 0 aliphatic carbocycles. The average molecular weight is 347 g/mol. The van der Waals surface area contributed by atoms with Gasteiger partial charge in [0.1, 0.15) is 0 Å². The lowest BCUT2D eigenvalue weighted by Gasteiger charge is -2.10. The van der Waals surface area contributed by atoms with Crippen molar-refractivity contribution >= 4 is 34.8 Å². The molecule has 1 amide bonds. The first-order valence-electron chi connectivity index (χ1n) is 7.30. The third-order valence-electron chi connectivity index (χ3n) is 3.42. The largest absolute Gasteiger partial charge is 0.396 e. The molecule has 0 saturated carbocycles. The maximum absolute atomic E-state index is 12.0. The summed E-state index contributed by atoms with van der Waals surface area (Å²) in [5.41, 5.74) is 6.31. The highest BCUT2D eigenvalue weighted by atomic mass is 35.5. The van der Waals surface area contributed by atoms with E-state index in [4.69, 9.17) is 38.4 Å². The summed E-state index contributed by atoms with van der Waals surface area (Å²) in [6.45, 7) is 2.56. The van der Waals surface area contributed by atoms with Gasteiger partial charge < -0.3 is 20.5 Å². The Morgan fingerprint density at radius 3 is 2.77 bits per heavy atom. The fraction of sp³-hybridized carbons (Fsp3) is 0.533. The van der Waals surface area contributed by atoms with Crippen molar-refractivity contribution in [3.05, 3.63) is 27.7 Å². The molecule has 0 aromatic heterocycles. The van der Waals surface area contributed by atoms with Gasteiger partial charge in [-0.05, 0) is 31.4 Å². The molecule has 5 nitrogen and oxygen atoms in total. The SMILES string of the molecule is Nc1c(Cl)cc(C(=O)NCCCOCC2CCCO2)cc1Cl. The number of hydrogen-bond acceptors (Lipinski definition) is 4. The Morgan fingerprint density at radius 2 is 2.14 bits per heavy atom. The van der Waals surface area contributed by atoms with Crippen molar-refractivity contribution in [1.29, 1.82) is 0 Å². The van der Waals surface area contributed by atoms with E-state index in [2.05, 4.69) is 5.32 Å². The molecule has 7 heteroatoms. The number of halogens is 2. The number of carbonyl (C=O) groups is 1. The lowest BCUT2D eigenvalue weighted by Crippen LogP contribution is -2.25. The van der Waals surface area contributed by atoms with Gasteiger partial charge in [-0.15, -0.1) is 0 Å². The molecule has 0 spiro atoms. The Hall–Kier alpha value is -1.01. The molecular weight excluding hydrogens is 327 g/mol. The summed E-state index contributed by atoms with van der Waals surface area (Å²) in [6, 6.07) is 3.01. The summed E-state index contributed by atoms with van der Waals surface area (Å²) in [4.78, 5) is 12.0. The molecule has 1 saturated heterocycles. The molecule has 1 aromatic rings. The van der Waals surface area contributed by atoms with Crippen molar-refractivity contribution in [1.82, 2.24) is 5.32 Å². The smallest absolute Gasteiger partial charge is 0.251 e. The monoisotopic (exact) mass is 346 g/mol. The molecule has 1 atom stereocenters. The highest BCUT2D eigenvalue weighted by Gasteiger charge is 2.15. The van der Waals surface area contributed by atoms with Crippen LogP contribution in [0, 0.1) is 0 Å². The van der Waals surface area contributed by atoms with E-state index in [0.29, 0.717) is 25.3 Å². The van der Waals surface area contributed by atoms with Gasteiger partial charge in [-0.3, -0.25) is 4.79 Å². The molecule has 1 unspecified atom stereocenters. The van der Waals surface area contributed by atoms with Gasteiger partial charge in [0.2, 0.25) is 0 Å². The summed E-state index contributed by atoms with van der Waals surface area (Å²) >= 11 is 11.8. The minimum atomic E-state index is -0.233. The molecule has 0 radical (unpaired) electrons.